The van der Waals surface area contributed by atoms with Gasteiger partial charge in [0.15, 0.2) is 0 Å². The van der Waals surface area contributed by atoms with Gasteiger partial charge in [-0.1, -0.05) is 6.08 Å². The Kier molecular flexibility index (Phi) is 3.68. The molecule has 1 aliphatic rings. The lowest BCUT2D eigenvalue weighted by Crippen LogP contribution is -2.38. The Bertz CT molecular complexity index is 373. The average molecular weight is 226 g/mol. The minimum Gasteiger partial charge on any atom is -0.469 e. The van der Waals surface area contributed by atoms with Crippen molar-refractivity contribution < 1.29 is 19.1 Å². The van der Waals surface area contributed by atoms with Crippen LogP contribution in [0.2, 0.25) is 0 Å². The van der Waals surface area contributed by atoms with Crippen LogP contribution in [-0.2, 0) is 19.1 Å². The molecule has 6 nitrogen and oxygen atoms in total. The zero-order valence-corrected chi connectivity index (χ0v) is 9.10. The van der Waals surface area contributed by atoms with E-state index in [2.05, 4.69) is 9.47 Å². The van der Waals surface area contributed by atoms with E-state index in [4.69, 9.17) is 11.5 Å². The fourth-order valence-corrected chi connectivity index (χ4v) is 1.44. The Morgan fingerprint density at radius 2 is 1.88 bits per heavy atom. The highest BCUT2D eigenvalue weighted by Crippen LogP contribution is 2.21. The summed E-state index contributed by atoms with van der Waals surface area (Å²) in [5, 5.41) is 0. The van der Waals surface area contributed by atoms with Crippen molar-refractivity contribution in [2.75, 3.05) is 14.2 Å². The molecule has 0 fully saturated rings. The zero-order valence-electron chi connectivity index (χ0n) is 9.10. The molecule has 2 unspecified atom stereocenters. The maximum absolute atomic E-state index is 11.3. The van der Waals surface area contributed by atoms with Gasteiger partial charge in [-0.25, -0.2) is 4.79 Å². The normalized spacial score (nSPS) is 24.2. The first-order valence-electron chi connectivity index (χ1n) is 4.62. The van der Waals surface area contributed by atoms with Crippen LogP contribution >= 0.6 is 0 Å². The highest BCUT2D eigenvalue weighted by Gasteiger charge is 2.30. The first kappa shape index (κ1) is 12.3. The Hall–Kier alpha value is -1.82. The lowest BCUT2D eigenvalue weighted by atomic mass is 9.90. The number of methoxy groups -OCH3 is 2. The summed E-state index contributed by atoms with van der Waals surface area (Å²) in [5.41, 5.74) is 11.7. The standard InChI is InChI=1S/C10H14N2O4/c1-15-9(13)5-3-8(12)6(4-7(5)11)10(14)16-2/h3-5,7H,11-12H2,1-2H3. The summed E-state index contributed by atoms with van der Waals surface area (Å²) in [4.78, 5) is 22.6. The van der Waals surface area contributed by atoms with Gasteiger partial charge < -0.3 is 20.9 Å². The van der Waals surface area contributed by atoms with Gasteiger partial charge in [-0.15, -0.1) is 0 Å². The van der Waals surface area contributed by atoms with Gasteiger partial charge in [-0.3, -0.25) is 4.79 Å². The summed E-state index contributed by atoms with van der Waals surface area (Å²) < 4.78 is 9.10. The number of rotatable bonds is 2. The molecule has 0 radical (unpaired) electrons. The summed E-state index contributed by atoms with van der Waals surface area (Å²) in [6.45, 7) is 0. The molecule has 0 aromatic heterocycles. The fourth-order valence-electron chi connectivity index (χ4n) is 1.44. The number of nitrogens with two attached hydrogens (primary N) is 2. The predicted molar refractivity (Wildman–Crippen MR) is 55.9 cm³/mol. The molecule has 88 valence electrons. The number of carbonyl (C=O) groups excluding carboxylic acids is 2. The third kappa shape index (κ3) is 2.22. The van der Waals surface area contributed by atoms with Crippen molar-refractivity contribution in [2.24, 2.45) is 17.4 Å². The molecule has 1 aliphatic carbocycles. The molecule has 0 saturated heterocycles. The van der Waals surface area contributed by atoms with E-state index in [1.165, 1.54) is 26.4 Å². The smallest absolute Gasteiger partial charge is 0.339 e. The van der Waals surface area contributed by atoms with E-state index in [0.29, 0.717) is 0 Å². The van der Waals surface area contributed by atoms with E-state index in [9.17, 15) is 9.59 Å². The van der Waals surface area contributed by atoms with Gasteiger partial charge in [0.25, 0.3) is 0 Å². The molecular weight excluding hydrogens is 212 g/mol. The molecule has 0 aliphatic heterocycles. The van der Waals surface area contributed by atoms with Crippen LogP contribution in [0.3, 0.4) is 0 Å². The van der Waals surface area contributed by atoms with Crippen molar-refractivity contribution in [1.82, 2.24) is 0 Å². The Morgan fingerprint density at radius 1 is 1.25 bits per heavy atom. The summed E-state index contributed by atoms with van der Waals surface area (Å²) >= 11 is 0. The van der Waals surface area contributed by atoms with Crippen LogP contribution in [0.5, 0.6) is 0 Å². The zero-order chi connectivity index (χ0) is 12.3. The third-order valence-corrected chi connectivity index (χ3v) is 2.32. The van der Waals surface area contributed by atoms with Crippen molar-refractivity contribution in [3.63, 3.8) is 0 Å². The fraction of sp³-hybridized carbons (Fsp3) is 0.400. The first-order valence-corrected chi connectivity index (χ1v) is 4.62. The van der Waals surface area contributed by atoms with E-state index >= 15 is 0 Å². The minimum absolute atomic E-state index is 0.170. The first-order chi connectivity index (χ1) is 7.51. The molecule has 0 saturated carbocycles. The lowest BCUT2D eigenvalue weighted by Gasteiger charge is -2.22. The average Bonchev–Trinajstić information content (AvgIpc) is 2.29. The van der Waals surface area contributed by atoms with Crippen LogP contribution in [0.25, 0.3) is 0 Å². The molecule has 0 amide bonds. The molecule has 0 aromatic carbocycles. The predicted octanol–water partition coefficient (Wildman–Crippen LogP) is -0.941. The van der Waals surface area contributed by atoms with Crippen LogP contribution in [0.15, 0.2) is 23.4 Å². The molecule has 2 atom stereocenters. The van der Waals surface area contributed by atoms with Crippen molar-refractivity contribution in [3.8, 4) is 0 Å². The molecule has 0 heterocycles. The summed E-state index contributed by atoms with van der Waals surface area (Å²) in [6.07, 6.45) is 2.81. The van der Waals surface area contributed by atoms with Crippen LogP contribution in [-0.4, -0.2) is 32.2 Å². The SMILES string of the molecule is COC(=O)C1=CC(N)C(C(=O)OC)C=C1N. The van der Waals surface area contributed by atoms with Crippen molar-refractivity contribution in [2.45, 2.75) is 6.04 Å². The van der Waals surface area contributed by atoms with Crippen molar-refractivity contribution in [1.29, 1.82) is 0 Å². The van der Waals surface area contributed by atoms with E-state index in [1.54, 1.807) is 0 Å². The third-order valence-electron chi connectivity index (χ3n) is 2.32. The van der Waals surface area contributed by atoms with Crippen molar-refractivity contribution in [3.05, 3.63) is 23.4 Å². The molecule has 1 rings (SSSR count). The Labute approximate surface area is 92.9 Å². The summed E-state index contributed by atoms with van der Waals surface area (Å²) in [5.74, 6) is -1.73. The number of hydrogen-bond donors (Lipinski definition) is 2. The van der Waals surface area contributed by atoms with Crippen molar-refractivity contribution >= 4 is 11.9 Å². The van der Waals surface area contributed by atoms with Gasteiger partial charge >= 0.3 is 11.9 Å². The lowest BCUT2D eigenvalue weighted by molar-refractivity contribution is -0.144. The van der Waals surface area contributed by atoms with Gasteiger partial charge in [0.1, 0.15) is 0 Å². The summed E-state index contributed by atoms with van der Waals surface area (Å²) in [6, 6.07) is -0.645. The Morgan fingerprint density at radius 3 is 2.38 bits per heavy atom. The Balaban J connectivity index is 2.96. The maximum atomic E-state index is 11.3. The molecule has 0 bridgehead atoms. The van der Waals surface area contributed by atoms with E-state index in [0.717, 1.165) is 0 Å². The number of esters is 2. The van der Waals surface area contributed by atoms with E-state index < -0.39 is 23.9 Å². The largest absolute Gasteiger partial charge is 0.469 e. The van der Waals surface area contributed by atoms with Gasteiger partial charge in [0, 0.05) is 11.7 Å². The van der Waals surface area contributed by atoms with Gasteiger partial charge in [0.2, 0.25) is 0 Å². The van der Waals surface area contributed by atoms with Gasteiger partial charge in [0.05, 0.1) is 25.7 Å². The second-order valence-corrected chi connectivity index (χ2v) is 3.32. The van der Waals surface area contributed by atoms with Gasteiger partial charge in [-0.2, -0.15) is 0 Å². The van der Waals surface area contributed by atoms with Gasteiger partial charge in [-0.05, 0) is 6.08 Å². The molecule has 6 heteroatoms. The molecule has 0 spiro atoms. The highest BCUT2D eigenvalue weighted by molar-refractivity contribution is 5.94. The monoisotopic (exact) mass is 226 g/mol. The molecule has 0 aromatic rings. The van der Waals surface area contributed by atoms with E-state index in [-0.39, 0.29) is 11.3 Å². The maximum Gasteiger partial charge on any atom is 0.339 e. The number of ether oxygens (including phenoxy) is 2. The number of carbonyl (C=O) groups is 2. The highest BCUT2D eigenvalue weighted by atomic mass is 16.5. The summed E-state index contributed by atoms with van der Waals surface area (Å²) in [7, 11) is 2.51. The quantitative estimate of drug-likeness (QED) is 0.589. The molecule has 16 heavy (non-hydrogen) atoms. The topological polar surface area (TPSA) is 105 Å². The van der Waals surface area contributed by atoms with Crippen LogP contribution in [0, 0.1) is 5.92 Å². The molecule has 4 N–H and O–H groups in total. The van der Waals surface area contributed by atoms with E-state index in [1.807, 2.05) is 0 Å². The molecular formula is C10H14N2O4. The number of hydrogen-bond acceptors (Lipinski definition) is 6. The van der Waals surface area contributed by atoms with Crippen LogP contribution in [0.4, 0.5) is 0 Å². The van der Waals surface area contributed by atoms with Crippen LogP contribution in [0.1, 0.15) is 0 Å². The minimum atomic E-state index is -0.668. The second-order valence-electron chi connectivity index (χ2n) is 3.32. The second kappa shape index (κ2) is 4.80. The van der Waals surface area contributed by atoms with Crippen LogP contribution < -0.4 is 11.5 Å².